The standard InChI is InChI=1S/C19H25N3O5S/c1-11(2)20-19(26)21-17(24)12(3)27-18(25)13-8-16(23)22(10-13)14-6-5-7-15(9-14)28-4/h5-7,9,11-13H,8,10H2,1-4H3,(H2,20,21,24,26)/t12-,13+/m1/s1. The molecular weight excluding hydrogens is 382 g/mol. The Kier molecular flexibility index (Phi) is 7.45. The molecule has 0 aliphatic carbocycles. The molecule has 4 amide bonds. The molecule has 0 saturated carbocycles. The van der Waals surface area contributed by atoms with Gasteiger partial charge in [-0.25, -0.2) is 4.79 Å². The minimum absolute atomic E-state index is 0.0184. The Morgan fingerprint density at radius 3 is 2.61 bits per heavy atom. The predicted molar refractivity (Wildman–Crippen MR) is 106 cm³/mol. The van der Waals surface area contributed by atoms with E-state index in [0.717, 1.165) is 10.6 Å². The normalized spacial score (nSPS) is 17.4. The van der Waals surface area contributed by atoms with Crippen molar-refractivity contribution in [2.45, 2.75) is 44.2 Å². The average molecular weight is 407 g/mol. The fourth-order valence-electron chi connectivity index (χ4n) is 2.73. The molecule has 0 radical (unpaired) electrons. The van der Waals surface area contributed by atoms with E-state index in [0.29, 0.717) is 0 Å². The number of carbonyl (C=O) groups is 4. The summed E-state index contributed by atoms with van der Waals surface area (Å²) in [6.45, 7) is 5.08. The molecule has 0 aromatic heterocycles. The van der Waals surface area contributed by atoms with Gasteiger partial charge >= 0.3 is 12.0 Å². The van der Waals surface area contributed by atoms with Gasteiger partial charge < -0.3 is 15.0 Å². The molecule has 8 nitrogen and oxygen atoms in total. The molecule has 28 heavy (non-hydrogen) atoms. The average Bonchev–Trinajstić information content (AvgIpc) is 3.02. The number of anilines is 1. The molecule has 1 aliphatic rings. The van der Waals surface area contributed by atoms with Crippen LogP contribution in [0.2, 0.25) is 0 Å². The Bertz CT molecular complexity index is 768. The Labute approximate surface area is 168 Å². The quantitative estimate of drug-likeness (QED) is 0.551. The molecule has 1 aromatic carbocycles. The van der Waals surface area contributed by atoms with E-state index in [9.17, 15) is 19.2 Å². The summed E-state index contributed by atoms with van der Waals surface area (Å²) in [4.78, 5) is 50.8. The molecule has 0 spiro atoms. The van der Waals surface area contributed by atoms with E-state index in [-0.39, 0.29) is 24.9 Å². The molecule has 1 heterocycles. The van der Waals surface area contributed by atoms with Gasteiger partial charge in [-0.15, -0.1) is 11.8 Å². The highest BCUT2D eigenvalue weighted by Crippen LogP contribution is 2.28. The van der Waals surface area contributed by atoms with Gasteiger partial charge in [0.05, 0.1) is 5.92 Å². The third-order valence-electron chi connectivity index (χ3n) is 4.14. The SMILES string of the molecule is CSc1cccc(N2C[C@@H](C(=O)O[C@H](C)C(=O)NC(=O)NC(C)C)CC2=O)c1. The van der Waals surface area contributed by atoms with Gasteiger partial charge in [-0.3, -0.25) is 19.7 Å². The van der Waals surface area contributed by atoms with Crippen molar-refractivity contribution in [3.8, 4) is 0 Å². The maximum Gasteiger partial charge on any atom is 0.321 e. The molecule has 2 rings (SSSR count). The maximum absolute atomic E-state index is 12.4. The van der Waals surface area contributed by atoms with E-state index < -0.39 is 29.9 Å². The molecule has 9 heteroatoms. The fourth-order valence-corrected chi connectivity index (χ4v) is 3.18. The lowest BCUT2D eigenvalue weighted by molar-refractivity contribution is -0.158. The molecule has 1 saturated heterocycles. The number of amides is 4. The number of thioether (sulfide) groups is 1. The van der Waals surface area contributed by atoms with Crippen LogP contribution in [0.15, 0.2) is 29.2 Å². The smallest absolute Gasteiger partial charge is 0.321 e. The summed E-state index contributed by atoms with van der Waals surface area (Å²) in [6, 6.07) is 6.71. The second-order valence-corrected chi connectivity index (χ2v) is 7.68. The van der Waals surface area contributed by atoms with Crippen molar-refractivity contribution in [1.29, 1.82) is 0 Å². The molecule has 1 aromatic rings. The van der Waals surface area contributed by atoms with Crippen LogP contribution < -0.4 is 15.5 Å². The van der Waals surface area contributed by atoms with E-state index in [1.807, 2.05) is 30.5 Å². The first-order chi connectivity index (χ1) is 13.2. The van der Waals surface area contributed by atoms with Crippen molar-refractivity contribution >= 4 is 41.3 Å². The van der Waals surface area contributed by atoms with Gasteiger partial charge in [0.1, 0.15) is 0 Å². The molecule has 2 N–H and O–H groups in total. The highest BCUT2D eigenvalue weighted by atomic mass is 32.2. The van der Waals surface area contributed by atoms with Crippen LogP contribution in [0.3, 0.4) is 0 Å². The van der Waals surface area contributed by atoms with E-state index in [4.69, 9.17) is 4.74 Å². The second kappa shape index (κ2) is 9.59. The first kappa shape index (κ1) is 21.7. The van der Waals surface area contributed by atoms with Gasteiger partial charge in [-0.2, -0.15) is 0 Å². The van der Waals surface area contributed by atoms with Crippen LogP contribution in [0.25, 0.3) is 0 Å². The number of esters is 1. The summed E-state index contributed by atoms with van der Waals surface area (Å²) in [7, 11) is 0. The number of nitrogens with one attached hydrogen (secondary N) is 2. The Hall–Kier alpha value is -2.55. The van der Waals surface area contributed by atoms with Crippen molar-refractivity contribution in [2.24, 2.45) is 5.92 Å². The lowest BCUT2D eigenvalue weighted by Gasteiger charge is -2.18. The highest BCUT2D eigenvalue weighted by Gasteiger charge is 2.37. The zero-order chi connectivity index (χ0) is 20.8. The van der Waals surface area contributed by atoms with Gasteiger partial charge in [-0.1, -0.05) is 6.07 Å². The minimum atomic E-state index is -1.14. The van der Waals surface area contributed by atoms with Crippen molar-refractivity contribution in [1.82, 2.24) is 10.6 Å². The van der Waals surface area contributed by atoms with Crippen LogP contribution in [0.1, 0.15) is 27.2 Å². The largest absolute Gasteiger partial charge is 0.452 e. The zero-order valence-corrected chi connectivity index (χ0v) is 17.2. The van der Waals surface area contributed by atoms with Crippen molar-refractivity contribution in [3.05, 3.63) is 24.3 Å². The highest BCUT2D eigenvalue weighted by molar-refractivity contribution is 7.98. The summed E-state index contributed by atoms with van der Waals surface area (Å²) in [5, 5.41) is 4.63. The molecular formula is C19H25N3O5S. The Morgan fingerprint density at radius 2 is 1.96 bits per heavy atom. The van der Waals surface area contributed by atoms with Crippen molar-refractivity contribution in [2.75, 3.05) is 17.7 Å². The topological polar surface area (TPSA) is 105 Å². The third-order valence-corrected chi connectivity index (χ3v) is 4.87. The number of ether oxygens (including phenoxy) is 1. The molecule has 2 atom stereocenters. The van der Waals surface area contributed by atoms with Gasteiger partial charge in [0.2, 0.25) is 5.91 Å². The van der Waals surface area contributed by atoms with Crippen molar-refractivity contribution < 1.29 is 23.9 Å². The third kappa shape index (κ3) is 5.72. The molecule has 0 bridgehead atoms. The van der Waals surface area contributed by atoms with Gasteiger partial charge in [-0.05, 0) is 45.2 Å². The monoisotopic (exact) mass is 407 g/mol. The van der Waals surface area contributed by atoms with Crippen LogP contribution in [0, 0.1) is 5.92 Å². The first-order valence-electron chi connectivity index (χ1n) is 8.97. The summed E-state index contributed by atoms with van der Waals surface area (Å²) >= 11 is 1.56. The minimum Gasteiger partial charge on any atom is -0.452 e. The lowest BCUT2D eigenvalue weighted by atomic mass is 10.1. The second-order valence-electron chi connectivity index (χ2n) is 6.80. The van der Waals surface area contributed by atoms with E-state index in [2.05, 4.69) is 10.6 Å². The zero-order valence-electron chi connectivity index (χ0n) is 16.4. The maximum atomic E-state index is 12.4. The van der Waals surface area contributed by atoms with Crippen LogP contribution in [-0.2, 0) is 19.1 Å². The number of urea groups is 1. The van der Waals surface area contributed by atoms with Crippen LogP contribution in [-0.4, -0.2) is 48.8 Å². The number of hydrogen-bond donors (Lipinski definition) is 2. The fraction of sp³-hybridized carbons (Fsp3) is 0.474. The summed E-state index contributed by atoms with van der Waals surface area (Å²) in [5.74, 6) is -2.19. The van der Waals surface area contributed by atoms with E-state index in [1.54, 1.807) is 30.5 Å². The van der Waals surface area contributed by atoms with Crippen LogP contribution in [0.4, 0.5) is 10.5 Å². The Morgan fingerprint density at radius 1 is 1.25 bits per heavy atom. The number of hydrogen-bond acceptors (Lipinski definition) is 6. The number of benzene rings is 1. The van der Waals surface area contributed by atoms with Crippen molar-refractivity contribution in [3.63, 3.8) is 0 Å². The van der Waals surface area contributed by atoms with E-state index >= 15 is 0 Å². The lowest BCUT2D eigenvalue weighted by Crippen LogP contribution is -2.47. The van der Waals surface area contributed by atoms with Gasteiger partial charge in [0, 0.05) is 29.6 Å². The summed E-state index contributed by atoms with van der Waals surface area (Å²) < 4.78 is 5.17. The number of imide groups is 1. The van der Waals surface area contributed by atoms with Crippen LogP contribution in [0.5, 0.6) is 0 Å². The first-order valence-corrected chi connectivity index (χ1v) is 10.2. The van der Waals surface area contributed by atoms with Gasteiger partial charge in [0.15, 0.2) is 6.10 Å². The summed E-state index contributed by atoms with van der Waals surface area (Å²) in [6.07, 6.45) is 0.818. The van der Waals surface area contributed by atoms with E-state index in [1.165, 1.54) is 6.92 Å². The number of rotatable bonds is 6. The van der Waals surface area contributed by atoms with Gasteiger partial charge in [0.25, 0.3) is 5.91 Å². The predicted octanol–water partition coefficient (Wildman–Crippen LogP) is 1.93. The Balaban J connectivity index is 1.93. The molecule has 152 valence electrons. The molecule has 1 aliphatic heterocycles. The number of nitrogens with zero attached hydrogens (tertiary/aromatic N) is 1. The summed E-state index contributed by atoms with van der Waals surface area (Å²) in [5.41, 5.74) is 0.725. The molecule has 0 unspecified atom stereocenters. The number of carbonyl (C=O) groups excluding carboxylic acids is 4. The molecule has 1 fully saturated rings. The van der Waals surface area contributed by atoms with Crippen LogP contribution >= 0.6 is 11.8 Å².